The third kappa shape index (κ3) is 5.62. The van der Waals surface area contributed by atoms with Gasteiger partial charge in [-0.25, -0.2) is 5.43 Å². The van der Waals surface area contributed by atoms with E-state index < -0.39 is 11.8 Å². The number of benzene rings is 3. The molecule has 0 aromatic heterocycles. The number of rotatable bonds is 6. The van der Waals surface area contributed by atoms with Gasteiger partial charge in [0.2, 0.25) is 6.79 Å². The lowest BCUT2D eigenvalue weighted by molar-refractivity contribution is -0.117. The topological polar surface area (TPSA) is 109 Å². The number of hydrazone groups is 1. The third-order valence-corrected chi connectivity index (χ3v) is 5.64. The van der Waals surface area contributed by atoms with E-state index >= 15 is 0 Å². The van der Waals surface area contributed by atoms with Crippen molar-refractivity contribution in [1.29, 1.82) is 0 Å². The van der Waals surface area contributed by atoms with E-state index in [4.69, 9.17) is 21.1 Å². The average molecular weight is 492 g/mol. The molecule has 9 heteroatoms. The monoisotopic (exact) mass is 491 g/mol. The molecular weight excluding hydrogens is 470 g/mol. The van der Waals surface area contributed by atoms with Gasteiger partial charge >= 0.3 is 0 Å². The fourth-order valence-corrected chi connectivity index (χ4v) is 3.49. The zero-order chi connectivity index (χ0) is 24.9. The molecule has 1 aliphatic rings. The first-order valence-corrected chi connectivity index (χ1v) is 11.0. The van der Waals surface area contributed by atoms with Crippen molar-refractivity contribution in [2.24, 2.45) is 5.10 Å². The lowest BCUT2D eigenvalue weighted by atomic mass is 10.1. The van der Waals surface area contributed by atoms with Crippen molar-refractivity contribution in [1.82, 2.24) is 10.7 Å². The number of nitrogens with zero attached hydrogens (tertiary/aromatic N) is 1. The zero-order valence-electron chi connectivity index (χ0n) is 19.0. The van der Waals surface area contributed by atoms with E-state index in [2.05, 4.69) is 15.8 Å². The van der Waals surface area contributed by atoms with Crippen LogP contribution in [0.15, 0.2) is 71.5 Å². The lowest BCUT2D eigenvalue weighted by Crippen LogP contribution is -2.33. The Hall–Kier alpha value is -4.30. The number of carbonyl (C=O) groups excluding carboxylic acids is 2. The molecule has 0 atom stereocenters. The van der Waals surface area contributed by atoms with E-state index in [0.717, 1.165) is 0 Å². The predicted molar refractivity (Wildman–Crippen MR) is 133 cm³/mol. The molecule has 2 amide bonds. The van der Waals surface area contributed by atoms with E-state index in [9.17, 15) is 14.7 Å². The van der Waals surface area contributed by atoms with Crippen LogP contribution in [-0.4, -0.2) is 29.4 Å². The first-order valence-electron chi connectivity index (χ1n) is 10.6. The summed E-state index contributed by atoms with van der Waals surface area (Å²) in [7, 11) is 0. The number of nitrogens with one attached hydrogen (secondary N) is 2. The van der Waals surface area contributed by atoms with Crippen LogP contribution in [0.4, 0.5) is 0 Å². The van der Waals surface area contributed by atoms with Crippen molar-refractivity contribution >= 4 is 35.2 Å². The summed E-state index contributed by atoms with van der Waals surface area (Å²) in [6, 6.07) is 16.7. The molecule has 3 aromatic rings. The Bertz CT molecular complexity index is 1350. The fraction of sp³-hybridized carbons (Fsp3) is 0.115. The number of phenolic OH excluding ortho intramolecular Hbond substituents is 1. The van der Waals surface area contributed by atoms with Crippen molar-refractivity contribution in [2.75, 3.05) is 6.79 Å². The number of aromatic hydroxyl groups is 1. The van der Waals surface area contributed by atoms with Gasteiger partial charge in [0.25, 0.3) is 11.8 Å². The molecule has 0 spiro atoms. The van der Waals surface area contributed by atoms with Gasteiger partial charge in [0.15, 0.2) is 11.5 Å². The normalized spacial score (nSPS) is 12.9. The van der Waals surface area contributed by atoms with Crippen LogP contribution in [0.5, 0.6) is 17.2 Å². The molecule has 3 N–H and O–H groups in total. The minimum atomic E-state index is -0.663. The second-order valence-electron chi connectivity index (χ2n) is 7.75. The minimum Gasteiger partial charge on any atom is -0.507 e. The highest BCUT2D eigenvalue weighted by Crippen LogP contribution is 2.33. The van der Waals surface area contributed by atoms with E-state index in [1.165, 1.54) is 12.1 Å². The number of fused-ring (bicyclic) bond motifs is 1. The smallest absolute Gasteiger partial charge is 0.287 e. The Kier molecular flexibility index (Phi) is 7.03. The number of phenols is 1. The van der Waals surface area contributed by atoms with Crippen LogP contribution in [0.3, 0.4) is 0 Å². The Morgan fingerprint density at radius 3 is 2.57 bits per heavy atom. The summed E-state index contributed by atoms with van der Waals surface area (Å²) in [6.45, 7) is 3.50. The molecular formula is C26H22ClN3O5. The molecule has 0 aliphatic carbocycles. The summed E-state index contributed by atoms with van der Waals surface area (Å²) in [5.74, 6) is -0.0111. The number of hydrogen-bond acceptors (Lipinski definition) is 6. The summed E-state index contributed by atoms with van der Waals surface area (Å²) in [5.41, 5.74) is 4.79. The Balaban J connectivity index is 1.61. The number of aryl methyl sites for hydroxylation is 1. The van der Waals surface area contributed by atoms with Gasteiger partial charge in [-0.3, -0.25) is 9.59 Å². The van der Waals surface area contributed by atoms with Crippen LogP contribution in [0.1, 0.15) is 34.0 Å². The van der Waals surface area contributed by atoms with Crippen molar-refractivity contribution in [3.63, 3.8) is 0 Å². The van der Waals surface area contributed by atoms with Crippen molar-refractivity contribution in [2.45, 2.75) is 13.8 Å². The van der Waals surface area contributed by atoms with E-state index in [1.54, 1.807) is 68.4 Å². The van der Waals surface area contributed by atoms with Gasteiger partial charge in [-0.15, -0.1) is 0 Å². The zero-order valence-corrected chi connectivity index (χ0v) is 19.7. The first-order chi connectivity index (χ1) is 16.8. The van der Waals surface area contributed by atoms with Gasteiger partial charge < -0.3 is 19.9 Å². The largest absolute Gasteiger partial charge is 0.507 e. The Morgan fingerprint density at radius 2 is 1.80 bits per heavy atom. The molecule has 35 heavy (non-hydrogen) atoms. The number of hydrogen-bond donors (Lipinski definition) is 3. The van der Waals surface area contributed by atoms with E-state index in [0.29, 0.717) is 44.5 Å². The maximum atomic E-state index is 13.0. The van der Waals surface area contributed by atoms with E-state index in [-0.39, 0.29) is 18.2 Å². The maximum absolute atomic E-state index is 13.0. The summed E-state index contributed by atoms with van der Waals surface area (Å²) in [6.07, 6.45) is 1.50. The number of ether oxygens (including phenoxy) is 2. The van der Waals surface area contributed by atoms with Gasteiger partial charge in [0.1, 0.15) is 11.4 Å². The molecule has 3 aromatic carbocycles. The summed E-state index contributed by atoms with van der Waals surface area (Å²) < 4.78 is 10.7. The van der Waals surface area contributed by atoms with Gasteiger partial charge in [-0.2, -0.15) is 5.10 Å². The SMILES string of the molecule is CC(=NNC(=O)/C(=C/c1ccc2c(c1)OCO2)NC(=O)c1ccccc1)c1cc(Cl)c(C)cc1O. The highest BCUT2D eigenvalue weighted by molar-refractivity contribution is 6.31. The molecule has 8 nitrogen and oxygen atoms in total. The molecule has 1 aliphatic heterocycles. The van der Waals surface area contributed by atoms with Gasteiger partial charge in [0.05, 0.1) is 5.71 Å². The highest BCUT2D eigenvalue weighted by atomic mass is 35.5. The summed E-state index contributed by atoms with van der Waals surface area (Å²) >= 11 is 6.16. The van der Waals surface area contributed by atoms with Crippen LogP contribution < -0.4 is 20.2 Å². The first kappa shape index (κ1) is 23.8. The minimum absolute atomic E-state index is 0.0177. The molecule has 1 heterocycles. The molecule has 0 saturated heterocycles. The number of amides is 2. The Labute approximate surface area is 206 Å². The number of carbonyl (C=O) groups is 2. The molecule has 178 valence electrons. The van der Waals surface area contributed by atoms with Crippen molar-refractivity contribution in [3.05, 3.63) is 93.6 Å². The second-order valence-corrected chi connectivity index (χ2v) is 8.15. The quantitative estimate of drug-likeness (QED) is 0.269. The van der Waals surface area contributed by atoms with Gasteiger partial charge in [-0.05, 0) is 67.4 Å². The Morgan fingerprint density at radius 1 is 1.06 bits per heavy atom. The standard InChI is InChI=1S/C26H22ClN3O5/c1-15-10-22(31)19(13-20(15)27)16(2)29-30-26(33)21(28-25(32)18-6-4-3-5-7-18)11-17-8-9-23-24(12-17)35-14-34-23/h3-13,31H,14H2,1-2H3,(H,28,32)(H,30,33)/b21-11-,29-16?. The van der Waals surface area contributed by atoms with Crippen molar-refractivity contribution in [3.8, 4) is 17.2 Å². The molecule has 0 saturated carbocycles. The maximum Gasteiger partial charge on any atom is 0.287 e. The van der Waals surface area contributed by atoms with E-state index in [1.807, 2.05) is 0 Å². The molecule has 0 unspecified atom stereocenters. The summed E-state index contributed by atoms with van der Waals surface area (Å²) in [5, 5.41) is 17.4. The molecule has 0 bridgehead atoms. The van der Waals surface area contributed by atoms with Crippen LogP contribution in [0.25, 0.3) is 6.08 Å². The van der Waals surface area contributed by atoms with Crippen LogP contribution in [-0.2, 0) is 4.79 Å². The van der Waals surface area contributed by atoms with Crippen molar-refractivity contribution < 1.29 is 24.2 Å². The van der Waals surface area contributed by atoms with Gasteiger partial charge in [-0.1, -0.05) is 35.9 Å². The summed E-state index contributed by atoms with van der Waals surface area (Å²) in [4.78, 5) is 25.8. The molecule has 4 rings (SSSR count). The van der Waals surface area contributed by atoms with Crippen LogP contribution in [0, 0.1) is 6.92 Å². The highest BCUT2D eigenvalue weighted by Gasteiger charge is 2.17. The molecule has 0 fully saturated rings. The van der Waals surface area contributed by atoms with Crippen LogP contribution in [0.2, 0.25) is 5.02 Å². The lowest BCUT2D eigenvalue weighted by Gasteiger charge is -2.11. The third-order valence-electron chi connectivity index (χ3n) is 5.23. The van der Waals surface area contributed by atoms with Crippen LogP contribution >= 0.6 is 11.6 Å². The molecule has 0 radical (unpaired) electrons. The second kappa shape index (κ2) is 10.3. The fourth-order valence-electron chi connectivity index (χ4n) is 3.32. The average Bonchev–Trinajstić information content (AvgIpc) is 3.32. The van der Waals surface area contributed by atoms with Gasteiger partial charge in [0, 0.05) is 16.1 Å². The predicted octanol–water partition coefficient (Wildman–Crippen LogP) is 4.39. The number of halogens is 1.